The van der Waals surface area contributed by atoms with Crippen LogP contribution in [0.4, 0.5) is 39.5 Å². The van der Waals surface area contributed by atoms with Crippen molar-refractivity contribution in [3.8, 4) is 0 Å². The van der Waals surface area contributed by atoms with Crippen LogP contribution in [0.5, 0.6) is 0 Å². The summed E-state index contributed by atoms with van der Waals surface area (Å²) in [4.78, 5) is 11.1. The highest BCUT2D eigenvalue weighted by molar-refractivity contribution is 7.92. The van der Waals surface area contributed by atoms with E-state index in [4.69, 9.17) is 0 Å². The number of alkyl halides is 7. The van der Waals surface area contributed by atoms with Crippen molar-refractivity contribution in [3.05, 3.63) is 64.7 Å². The minimum atomic E-state index is -5.08. The Hall–Kier alpha value is -2.77. The highest BCUT2D eigenvalue weighted by Gasteiger charge is 2.48. The fraction of sp³-hybridized carbons (Fsp3) is 0.381. The molecule has 1 N–H and O–H groups in total. The van der Waals surface area contributed by atoms with E-state index in [0.717, 1.165) is 6.07 Å². The topological polar surface area (TPSA) is 63.2 Å². The fourth-order valence-corrected chi connectivity index (χ4v) is 5.45. The van der Waals surface area contributed by atoms with Gasteiger partial charge in [-0.15, -0.1) is 0 Å². The first kappa shape index (κ1) is 26.8. The summed E-state index contributed by atoms with van der Waals surface area (Å²) in [5.74, 6) is -4.17. The quantitative estimate of drug-likeness (QED) is 0.505. The molecule has 3 rings (SSSR count). The van der Waals surface area contributed by atoms with E-state index in [0.29, 0.717) is 12.1 Å². The summed E-state index contributed by atoms with van der Waals surface area (Å²) in [5.41, 5.74) is -3.82. The van der Waals surface area contributed by atoms with Gasteiger partial charge in [0.15, 0.2) is 0 Å². The molecular formula is C21H16F9NO3S. The van der Waals surface area contributed by atoms with E-state index in [1.807, 2.05) is 0 Å². The van der Waals surface area contributed by atoms with Crippen LogP contribution in [0, 0.1) is 11.6 Å². The summed E-state index contributed by atoms with van der Waals surface area (Å²) in [6.45, 7) is 0. The number of sulfone groups is 1. The van der Waals surface area contributed by atoms with Gasteiger partial charge in [-0.3, -0.25) is 4.79 Å². The molecule has 1 aliphatic carbocycles. The predicted molar refractivity (Wildman–Crippen MR) is 104 cm³/mol. The lowest BCUT2D eigenvalue weighted by Crippen LogP contribution is -2.45. The average Bonchev–Trinajstić information content (AvgIpc) is 2.73. The number of carbonyl (C=O) groups excluding carboxylic acids is 1. The summed E-state index contributed by atoms with van der Waals surface area (Å²) in [5, 5.41) is -0.764. The molecule has 0 unspecified atom stereocenters. The molecule has 1 saturated carbocycles. The van der Waals surface area contributed by atoms with Crippen LogP contribution in [0.2, 0.25) is 0 Å². The van der Waals surface area contributed by atoms with E-state index in [1.165, 1.54) is 0 Å². The maximum absolute atomic E-state index is 15.4. The van der Waals surface area contributed by atoms with Crippen molar-refractivity contribution >= 4 is 15.7 Å². The highest BCUT2D eigenvalue weighted by Crippen LogP contribution is 2.42. The van der Waals surface area contributed by atoms with Gasteiger partial charge in [0.2, 0.25) is 14.8 Å². The number of amides is 1. The minimum Gasteiger partial charge on any atom is -0.349 e. The van der Waals surface area contributed by atoms with Gasteiger partial charge in [-0.2, -0.15) is 26.3 Å². The predicted octanol–water partition coefficient (Wildman–Crippen LogP) is 5.81. The van der Waals surface area contributed by atoms with Crippen molar-refractivity contribution in [2.75, 3.05) is 0 Å². The van der Waals surface area contributed by atoms with E-state index in [9.17, 15) is 48.3 Å². The van der Waals surface area contributed by atoms with Crippen molar-refractivity contribution in [1.82, 2.24) is 5.32 Å². The molecular weight excluding hydrogens is 517 g/mol. The molecule has 35 heavy (non-hydrogen) atoms. The Morgan fingerprint density at radius 2 is 1.51 bits per heavy atom. The Morgan fingerprint density at radius 1 is 0.914 bits per heavy atom. The largest absolute Gasteiger partial charge is 0.419 e. The van der Waals surface area contributed by atoms with E-state index in [1.54, 1.807) is 0 Å². The molecule has 1 aliphatic rings. The Labute approximate surface area is 193 Å². The SMILES string of the molecule is O=C(NC1CCC(F)(S(=O)(=O)c2cc(F)cc(C(F)(F)F)c2)CC1)c1ccc(F)c(C(F)(F)F)c1. The molecule has 0 bridgehead atoms. The first-order valence-electron chi connectivity index (χ1n) is 9.93. The van der Waals surface area contributed by atoms with Crippen LogP contribution in [0.25, 0.3) is 0 Å². The van der Waals surface area contributed by atoms with Gasteiger partial charge < -0.3 is 5.32 Å². The Bertz CT molecular complexity index is 1230. The molecule has 0 aromatic heterocycles. The highest BCUT2D eigenvalue weighted by atomic mass is 32.2. The summed E-state index contributed by atoms with van der Waals surface area (Å²) in [6.07, 6.45) is -12.4. The standard InChI is InChI=1S/C21H16F9NO3S/c22-13-8-12(20(25,26)27)9-15(10-13)35(33,34)19(24)5-3-14(4-6-19)31-18(32)11-1-2-17(23)16(7-11)21(28,29)30/h1-2,7-10,14H,3-6H2,(H,31,32). The zero-order chi connectivity index (χ0) is 26.4. The lowest BCUT2D eigenvalue weighted by molar-refractivity contribution is -0.140. The van der Waals surface area contributed by atoms with Gasteiger partial charge in [0.25, 0.3) is 5.91 Å². The van der Waals surface area contributed by atoms with Gasteiger partial charge in [0, 0.05) is 11.6 Å². The molecule has 1 fully saturated rings. The Morgan fingerprint density at radius 3 is 2.06 bits per heavy atom. The number of halogens is 9. The molecule has 2 aromatic rings. The number of hydrogen-bond donors (Lipinski definition) is 1. The number of carbonyl (C=O) groups is 1. The van der Waals surface area contributed by atoms with Crippen molar-refractivity contribution < 1.29 is 52.7 Å². The fourth-order valence-electron chi connectivity index (χ4n) is 3.71. The van der Waals surface area contributed by atoms with Gasteiger partial charge in [0.05, 0.1) is 16.0 Å². The third-order valence-electron chi connectivity index (χ3n) is 5.59. The summed E-state index contributed by atoms with van der Waals surface area (Å²) in [7, 11) is -5.08. The molecule has 0 aliphatic heterocycles. The number of hydrogen-bond acceptors (Lipinski definition) is 3. The zero-order valence-electron chi connectivity index (χ0n) is 17.4. The van der Waals surface area contributed by atoms with Crippen LogP contribution in [0.1, 0.15) is 47.2 Å². The van der Waals surface area contributed by atoms with Crippen molar-refractivity contribution in [2.24, 2.45) is 0 Å². The first-order valence-corrected chi connectivity index (χ1v) is 11.4. The maximum atomic E-state index is 15.4. The molecule has 0 saturated heterocycles. The van der Waals surface area contributed by atoms with Gasteiger partial charge in [-0.25, -0.2) is 21.6 Å². The summed E-state index contributed by atoms with van der Waals surface area (Å²) >= 11 is 0. The first-order chi connectivity index (χ1) is 15.9. The molecule has 0 atom stereocenters. The van der Waals surface area contributed by atoms with Crippen molar-refractivity contribution in [2.45, 2.75) is 54.0 Å². The molecule has 0 radical (unpaired) electrons. The van der Waals surface area contributed by atoms with Crippen LogP contribution in [-0.4, -0.2) is 25.4 Å². The molecule has 192 valence electrons. The zero-order valence-corrected chi connectivity index (χ0v) is 18.2. The van der Waals surface area contributed by atoms with Crippen LogP contribution >= 0.6 is 0 Å². The summed E-state index contributed by atoms with van der Waals surface area (Å²) < 4.78 is 145. The number of nitrogens with one attached hydrogen (secondary N) is 1. The lowest BCUT2D eigenvalue weighted by atomic mass is 9.93. The van der Waals surface area contributed by atoms with E-state index < -0.39 is 85.2 Å². The average molecular weight is 533 g/mol. The van der Waals surface area contributed by atoms with Gasteiger partial charge in [0.1, 0.15) is 11.6 Å². The van der Waals surface area contributed by atoms with Gasteiger partial charge in [-0.1, -0.05) is 0 Å². The van der Waals surface area contributed by atoms with E-state index >= 15 is 4.39 Å². The third kappa shape index (κ3) is 5.57. The molecule has 0 spiro atoms. The normalized spacial score (nSPS) is 21.6. The smallest absolute Gasteiger partial charge is 0.349 e. The van der Waals surface area contributed by atoms with Crippen LogP contribution < -0.4 is 5.32 Å². The lowest BCUT2D eigenvalue weighted by Gasteiger charge is -2.34. The van der Waals surface area contributed by atoms with Crippen LogP contribution in [-0.2, 0) is 22.2 Å². The maximum Gasteiger partial charge on any atom is 0.419 e. The van der Waals surface area contributed by atoms with Crippen molar-refractivity contribution in [1.29, 1.82) is 0 Å². The minimum absolute atomic E-state index is 0.0655. The third-order valence-corrected chi connectivity index (χ3v) is 7.82. The summed E-state index contributed by atoms with van der Waals surface area (Å²) in [6, 6.07) is 1.11. The molecule has 0 heterocycles. The molecule has 14 heteroatoms. The molecule has 1 amide bonds. The molecule has 4 nitrogen and oxygen atoms in total. The van der Waals surface area contributed by atoms with Gasteiger partial charge >= 0.3 is 12.4 Å². The van der Waals surface area contributed by atoms with Gasteiger partial charge in [-0.05, 0) is 62.1 Å². The van der Waals surface area contributed by atoms with Crippen LogP contribution in [0.15, 0.2) is 41.3 Å². The van der Waals surface area contributed by atoms with Crippen LogP contribution in [0.3, 0.4) is 0 Å². The van der Waals surface area contributed by atoms with E-state index in [-0.39, 0.29) is 31.0 Å². The second kappa shape index (κ2) is 9.03. The van der Waals surface area contributed by atoms with E-state index in [2.05, 4.69) is 5.32 Å². The number of rotatable bonds is 4. The monoisotopic (exact) mass is 533 g/mol. The second-order valence-electron chi connectivity index (χ2n) is 8.00. The Balaban J connectivity index is 1.75. The second-order valence-corrected chi connectivity index (χ2v) is 10.2. The van der Waals surface area contributed by atoms with Crippen molar-refractivity contribution in [3.63, 3.8) is 0 Å². The Kier molecular flexibility index (Phi) is 6.92. The number of benzene rings is 2. The molecule has 2 aromatic carbocycles.